The number of nitrogens with one attached hydrogen (secondary N) is 3. The lowest BCUT2D eigenvalue weighted by atomic mass is 10.0. The zero-order valence-electron chi connectivity index (χ0n) is 25.0. The zero-order chi connectivity index (χ0) is 31.7. The first kappa shape index (κ1) is 29.5. The van der Waals surface area contributed by atoms with E-state index >= 15 is 0 Å². The molecule has 5 heterocycles. The van der Waals surface area contributed by atoms with E-state index in [2.05, 4.69) is 48.7 Å². The smallest absolute Gasteiger partial charge is 0.147 e. The molecule has 0 aliphatic carbocycles. The summed E-state index contributed by atoms with van der Waals surface area (Å²) in [6, 6.07) is 24.6. The Morgan fingerprint density at radius 3 is 2.50 bits per heavy atom. The van der Waals surface area contributed by atoms with Gasteiger partial charge in [-0.15, -0.1) is 0 Å². The highest BCUT2D eigenvalue weighted by Crippen LogP contribution is 2.34. The second-order valence-electron chi connectivity index (χ2n) is 11.4. The maximum atomic E-state index is 14.7. The number of hydrogen-bond donors (Lipinski definition) is 3. The van der Waals surface area contributed by atoms with Crippen LogP contribution in [0.1, 0.15) is 16.7 Å². The highest BCUT2D eigenvalue weighted by Gasteiger charge is 2.17. The van der Waals surface area contributed by atoms with Gasteiger partial charge in [-0.1, -0.05) is 30.3 Å². The second-order valence-corrected chi connectivity index (χ2v) is 13.6. The molecule has 5 aromatic heterocycles. The van der Waals surface area contributed by atoms with Crippen molar-refractivity contribution in [2.24, 2.45) is 0 Å². The number of rotatable bonds is 10. The van der Waals surface area contributed by atoms with Gasteiger partial charge in [0, 0.05) is 60.0 Å². The molecule has 0 saturated heterocycles. The van der Waals surface area contributed by atoms with Gasteiger partial charge < -0.3 is 10.3 Å². The Bertz CT molecular complexity index is 2300. The molecule has 3 N–H and O–H groups in total. The van der Waals surface area contributed by atoms with Crippen molar-refractivity contribution in [3.8, 4) is 33.9 Å². The molecule has 0 bridgehead atoms. The minimum absolute atomic E-state index is 0.0610. The normalized spacial score (nSPS) is 11.9. The summed E-state index contributed by atoms with van der Waals surface area (Å²) in [5.74, 6) is -0.509. The third kappa shape index (κ3) is 6.42. The van der Waals surface area contributed by atoms with Crippen LogP contribution in [0.2, 0.25) is 0 Å². The number of H-pyrrole nitrogens is 2. The van der Waals surface area contributed by atoms with Gasteiger partial charge in [0.15, 0.2) is 0 Å². The summed E-state index contributed by atoms with van der Waals surface area (Å²) >= 11 is 0. The van der Waals surface area contributed by atoms with E-state index < -0.39 is 15.7 Å². The number of aromatic nitrogens is 6. The maximum Gasteiger partial charge on any atom is 0.147 e. The van der Waals surface area contributed by atoms with Crippen LogP contribution in [0.5, 0.6) is 0 Å². The van der Waals surface area contributed by atoms with E-state index in [1.54, 1.807) is 18.5 Å². The van der Waals surface area contributed by atoms with Gasteiger partial charge in [0.2, 0.25) is 0 Å². The summed E-state index contributed by atoms with van der Waals surface area (Å²) in [5, 5.41) is 11.9. The molecule has 9 nitrogen and oxygen atoms in total. The zero-order valence-corrected chi connectivity index (χ0v) is 25.8. The molecule has 0 spiro atoms. The first-order valence-corrected chi connectivity index (χ1v) is 16.8. The van der Waals surface area contributed by atoms with Crippen LogP contribution in [-0.4, -0.2) is 50.6 Å². The van der Waals surface area contributed by atoms with Gasteiger partial charge in [-0.2, -0.15) is 5.10 Å². The number of benzene rings is 2. The number of sulfone groups is 1. The van der Waals surface area contributed by atoms with Crippen LogP contribution in [0.25, 0.3) is 55.8 Å². The van der Waals surface area contributed by atoms with Crippen molar-refractivity contribution in [2.75, 3.05) is 12.0 Å². The molecule has 230 valence electrons. The fourth-order valence-corrected chi connectivity index (χ4v) is 6.17. The van der Waals surface area contributed by atoms with E-state index in [4.69, 9.17) is 4.98 Å². The Morgan fingerprint density at radius 2 is 1.65 bits per heavy atom. The number of pyridine rings is 3. The molecule has 0 atom stereocenters. The number of halogens is 1. The minimum atomic E-state index is -3.19. The number of hydrogen-bond acceptors (Lipinski definition) is 7. The van der Waals surface area contributed by atoms with Crippen LogP contribution in [0, 0.1) is 5.82 Å². The number of fused-ring (bicyclic) bond motifs is 2. The van der Waals surface area contributed by atoms with Crippen molar-refractivity contribution in [2.45, 2.75) is 19.5 Å². The molecule has 0 unspecified atom stereocenters. The monoisotopic (exact) mass is 631 g/mol. The Morgan fingerprint density at radius 1 is 0.826 bits per heavy atom. The Hall–Kier alpha value is -5.26. The van der Waals surface area contributed by atoms with E-state index in [1.807, 2.05) is 48.7 Å². The van der Waals surface area contributed by atoms with Crippen molar-refractivity contribution in [3.63, 3.8) is 0 Å². The number of nitrogens with zero attached hydrogens (tertiary/aromatic N) is 4. The molecular weight excluding hydrogens is 601 g/mol. The van der Waals surface area contributed by atoms with Gasteiger partial charge in [-0.3, -0.25) is 15.1 Å². The van der Waals surface area contributed by atoms with Gasteiger partial charge in [-0.05, 0) is 71.6 Å². The van der Waals surface area contributed by atoms with Crippen LogP contribution in [0.15, 0.2) is 97.5 Å². The highest BCUT2D eigenvalue weighted by molar-refractivity contribution is 7.90. The second kappa shape index (κ2) is 12.3. The highest BCUT2D eigenvalue weighted by atomic mass is 32.2. The molecule has 7 rings (SSSR count). The lowest BCUT2D eigenvalue weighted by Crippen LogP contribution is -2.12. The van der Waals surface area contributed by atoms with Crippen LogP contribution in [0.4, 0.5) is 4.39 Å². The average Bonchev–Trinajstić information content (AvgIpc) is 3.68. The molecule has 0 amide bonds. The quantitative estimate of drug-likeness (QED) is 0.163. The predicted molar refractivity (Wildman–Crippen MR) is 178 cm³/mol. The maximum absolute atomic E-state index is 14.7. The summed E-state index contributed by atoms with van der Waals surface area (Å²) < 4.78 is 38.1. The minimum Gasteiger partial charge on any atom is -0.353 e. The largest absolute Gasteiger partial charge is 0.353 e. The van der Waals surface area contributed by atoms with Crippen LogP contribution >= 0.6 is 0 Å². The van der Waals surface area contributed by atoms with Gasteiger partial charge in [0.1, 0.15) is 26.9 Å². The van der Waals surface area contributed by atoms with Gasteiger partial charge in [-0.25, -0.2) is 17.8 Å². The lowest BCUT2D eigenvalue weighted by Gasteiger charge is -2.07. The van der Waals surface area contributed by atoms with Crippen molar-refractivity contribution in [3.05, 3.63) is 120 Å². The molecule has 0 radical (unpaired) electrons. The Labute approximate surface area is 264 Å². The van der Waals surface area contributed by atoms with Crippen molar-refractivity contribution in [1.82, 2.24) is 35.5 Å². The Balaban J connectivity index is 1.19. The summed E-state index contributed by atoms with van der Waals surface area (Å²) in [6.07, 6.45) is 6.71. The molecule has 0 aliphatic heterocycles. The molecule has 2 aromatic carbocycles. The van der Waals surface area contributed by atoms with E-state index in [1.165, 1.54) is 24.0 Å². The fourth-order valence-electron chi connectivity index (χ4n) is 5.57. The predicted octanol–water partition coefficient (Wildman–Crippen LogP) is 6.25. The lowest BCUT2D eigenvalue weighted by molar-refractivity contribution is 0.600. The van der Waals surface area contributed by atoms with Crippen molar-refractivity contribution in [1.29, 1.82) is 0 Å². The van der Waals surface area contributed by atoms with E-state index in [0.29, 0.717) is 34.6 Å². The van der Waals surface area contributed by atoms with E-state index in [0.717, 1.165) is 45.5 Å². The molecule has 11 heteroatoms. The third-order valence-corrected chi connectivity index (χ3v) is 8.74. The molecule has 7 aromatic rings. The summed E-state index contributed by atoms with van der Waals surface area (Å²) in [4.78, 5) is 17.4. The van der Waals surface area contributed by atoms with E-state index in [9.17, 15) is 12.8 Å². The first-order chi connectivity index (χ1) is 22.3. The molecule has 0 aliphatic rings. The third-order valence-electron chi connectivity index (χ3n) is 7.80. The number of aryl methyl sites for hydroxylation is 1. The molecular formula is C35H30FN7O2S. The fraction of sp³-hybridized carbons (Fsp3) is 0.143. The summed E-state index contributed by atoms with van der Waals surface area (Å²) in [7, 11) is -3.19. The van der Waals surface area contributed by atoms with Crippen LogP contribution in [-0.2, 0) is 29.3 Å². The van der Waals surface area contributed by atoms with Crippen LogP contribution in [0.3, 0.4) is 0 Å². The van der Waals surface area contributed by atoms with Crippen molar-refractivity contribution < 1.29 is 12.8 Å². The summed E-state index contributed by atoms with van der Waals surface area (Å²) in [5.41, 5.74) is 9.32. The topological polar surface area (TPSA) is 129 Å². The van der Waals surface area contributed by atoms with Crippen LogP contribution < -0.4 is 5.32 Å². The van der Waals surface area contributed by atoms with Gasteiger partial charge >= 0.3 is 0 Å². The standard InChI is InChI=1S/C35H30FN7O2S/c1-46(44,45)12-10-23-13-25(16-27(36)15-23)33-28-17-32(40-30(28)9-11-39-33)35-34-31(42-43-35)8-7-29(41-34)26-14-24(20-38-21-26)19-37-18-22-5-3-2-4-6-22/h2-9,11,13-17,20-21,37,40H,10,12,18-19H2,1H3,(H,42,43). The van der Waals surface area contributed by atoms with Gasteiger partial charge in [0.25, 0.3) is 0 Å². The number of aromatic amines is 2. The molecule has 0 fully saturated rings. The van der Waals surface area contributed by atoms with Gasteiger partial charge in [0.05, 0.1) is 28.4 Å². The first-order valence-electron chi connectivity index (χ1n) is 14.8. The van der Waals surface area contributed by atoms with Crippen molar-refractivity contribution >= 4 is 31.8 Å². The summed E-state index contributed by atoms with van der Waals surface area (Å²) in [6.45, 7) is 1.43. The van der Waals surface area contributed by atoms with E-state index in [-0.39, 0.29) is 12.2 Å². The Kier molecular flexibility index (Phi) is 7.85. The SMILES string of the molecule is CS(=O)(=O)CCc1cc(F)cc(-c2nccc3[nH]c(-c4n[nH]c5ccc(-c6cncc(CNCc7ccccc7)c6)nc45)cc23)c1. The molecule has 46 heavy (non-hydrogen) atoms. The molecule has 0 saturated carbocycles. The average molecular weight is 632 g/mol.